The molecule has 29 heavy (non-hydrogen) atoms. The summed E-state index contributed by atoms with van der Waals surface area (Å²) < 4.78 is 10.7. The van der Waals surface area contributed by atoms with Crippen LogP contribution in [0.3, 0.4) is 0 Å². The Labute approximate surface area is 176 Å². The lowest BCUT2D eigenvalue weighted by Gasteiger charge is -2.27. The quantitative estimate of drug-likeness (QED) is 0.566. The van der Waals surface area contributed by atoms with Crippen LogP contribution in [0, 0.1) is 0 Å². The van der Waals surface area contributed by atoms with E-state index in [1.54, 1.807) is 25.1 Å². The maximum absolute atomic E-state index is 13.0. The minimum absolute atomic E-state index is 0.0608. The minimum atomic E-state index is -1.69. The van der Waals surface area contributed by atoms with Gasteiger partial charge in [0.25, 0.3) is 0 Å². The van der Waals surface area contributed by atoms with Gasteiger partial charge in [-0.15, -0.1) is 0 Å². The lowest BCUT2D eigenvalue weighted by atomic mass is 9.76. The summed E-state index contributed by atoms with van der Waals surface area (Å²) in [5, 5.41) is 4.74. The number of halogens is 2. The Morgan fingerprint density at radius 1 is 1.17 bits per heavy atom. The van der Waals surface area contributed by atoms with Gasteiger partial charge in [-0.3, -0.25) is 9.59 Å². The maximum atomic E-state index is 13.0. The highest BCUT2D eigenvalue weighted by Gasteiger charge is 2.49. The summed E-state index contributed by atoms with van der Waals surface area (Å²) >= 11 is 12.0. The number of aromatic nitrogens is 3. The van der Waals surface area contributed by atoms with Crippen molar-refractivity contribution in [3.63, 3.8) is 0 Å². The van der Waals surface area contributed by atoms with Gasteiger partial charge in [0.05, 0.1) is 23.1 Å². The van der Waals surface area contributed by atoms with Gasteiger partial charge in [-0.25, -0.2) is 9.97 Å². The first kappa shape index (κ1) is 20.8. The minimum Gasteiger partial charge on any atom is -0.465 e. The molecule has 2 heterocycles. The molecule has 0 saturated carbocycles. The van der Waals surface area contributed by atoms with Crippen LogP contribution in [0.4, 0.5) is 0 Å². The van der Waals surface area contributed by atoms with Crippen molar-refractivity contribution < 1.29 is 18.8 Å². The van der Waals surface area contributed by atoms with E-state index >= 15 is 0 Å². The molecule has 8 nitrogen and oxygen atoms in total. The van der Waals surface area contributed by atoms with Crippen molar-refractivity contribution in [3.05, 3.63) is 64.4 Å². The summed E-state index contributed by atoms with van der Waals surface area (Å²) in [4.78, 5) is 32.8. The van der Waals surface area contributed by atoms with Crippen molar-refractivity contribution in [3.8, 4) is 11.3 Å². The highest BCUT2D eigenvalue weighted by atomic mass is 35.5. The fourth-order valence-corrected chi connectivity index (χ4v) is 3.22. The SMILES string of the molecule is CCOC(=O)C(CC(N)=O)(c1cncnc1)c1cc(-c2ccc(Cl)c(Cl)c2)no1. The van der Waals surface area contributed by atoms with Crippen LogP contribution in [-0.4, -0.2) is 33.6 Å². The summed E-state index contributed by atoms with van der Waals surface area (Å²) in [6.45, 7) is 1.73. The Kier molecular flexibility index (Phi) is 6.14. The molecule has 0 spiro atoms. The second-order valence-corrected chi connectivity index (χ2v) is 6.92. The van der Waals surface area contributed by atoms with E-state index in [0.717, 1.165) is 0 Å². The van der Waals surface area contributed by atoms with Crippen LogP contribution in [0.15, 0.2) is 47.5 Å². The van der Waals surface area contributed by atoms with E-state index in [2.05, 4.69) is 15.1 Å². The summed E-state index contributed by atoms with van der Waals surface area (Å²) in [6.07, 6.45) is 3.67. The fourth-order valence-electron chi connectivity index (χ4n) is 2.93. The number of esters is 1. The van der Waals surface area contributed by atoms with E-state index in [1.807, 2.05) is 0 Å². The highest BCUT2D eigenvalue weighted by molar-refractivity contribution is 6.42. The van der Waals surface area contributed by atoms with Crippen molar-refractivity contribution in [1.29, 1.82) is 0 Å². The van der Waals surface area contributed by atoms with Gasteiger partial charge in [0.2, 0.25) is 5.91 Å². The molecule has 0 aliphatic rings. The molecule has 0 aliphatic heterocycles. The smallest absolute Gasteiger partial charge is 0.325 e. The lowest BCUT2D eigenvalue weighted by molar-refractivity contribution is -0.151. The molecule has 2 aromatic heterocycles. The standard InChI is InChI=1S/C19H16Cl2N4O4/c1-2-28-18(27)19(7-17(22)26,12-8-23-10-24-9-12)16-6-15(25-29-16)11-3-4-13(20)14(21)5-11/h3-6,8-10H,2,7H2,1H3,(H2,22,26). The number of carbonyl (C=O) groups excluding carboxylic acids is 2. The molecule has 3 aromatic rings. The number of benzene rings is 1. The first-order valence-corrected chi connectivity index (χ1v) is 9.27. The average Bonchev–Trinajstić information content (AvgIpc) is 3.19. The molecular formula is C19H16Cl2N4O4. The predicted octanol–water partition coefficient (Wildman–Crippen LogP) is 3.16. The number of rotatable bonds is 7. The number of primary amides is 1. The monoisotopic (exact) mass is 434 g/mol. The van der Waals surface area contributed by atoms with Crippen LogP contribution >= 0.6 is 23.2 Å². The molecule has 0 bridgehead atoms. The van der Waals surface area contributed by atoms with Crippen LogP contribution in [0.25, 0.3) is 11.3 Å². The second kappa shape index (κ2) is 8.59. The molecule has 10 heteroatoms. The Morgan fingerprint density at radius 2 is 1.90 bits per heavy atom. The van der Waals surface area contributed by atoms with E-state index in [9.17, 15) is 9.59 Å². The Bertz CT molecular complexity index is 1040. The van der Waals surface area contributed by atoms with Crippen molar-refractivity contribution in [2.45, 2.75) is 18.8 Å². The normalized spacial score (nSPS) is 12.9. The number of nitrogens with zero attached hydrogens (tertiary/aromatic N) is 3. The molecule has 1 unspecified atom stereocenters. The summed E-state index contributed by atoms with van der Waals surface area (Å²) in [6, 6.07) is 6.44. The molecule has 0 fully saturated rings. The summed E-state index contributed by atoms with van der Waals surface area (Å²) in [5.74, 6) is -1.41. The Balaban J connectivity index is 2.18. The highest BCUT2D eigenvalue weighted by Crippen LogP contribution is 2.39. The number of carbonyl (C=O) groups is 2. The maximum Gasteiger partial charge on any atom is 0.325 e. The third-order valence-electron chi connectivity index (χ3n) is 4.26. The third-order valence-corrected chi connectivity index (χ3v) is 5.00. The topological polar surface area (TPSA) is 121 Å². The van der Waals surface area contributed by atoms with Crippen LogP contribution < -0.4 is 5.73 Å². The van der Waals surface area contributed by atoms with Gasteiger partial charge in [-0.2, -0.15) is 0 Å². The molecule has 1 atom stereocenters. The molecule has 1 aromatic carbocycles. The van der Waals surface area contributed by atoms with Gasteiger partial charge in [0, 0.05) is 29.6 Å². The zero-order valence-corrected chi connectivity index (χ0v) is 16.8. The number of hydrogen-bond donors (Lipinski definition) is 1. The zero-order chi connectivity index (χ0) is 21.0. The molecule has 3 rings (SSSR count). The van der Waals surface area contributed by atoms with Gasteiger partial charge in [0.15, 0.2) is 11.2 Å². The fraction of sp³-hybridized carbons (Fsp3) is 0.211. The number of amides is 1. The van der Waals surface area contributed by atoms with Gasteiger partial charge in [-0.05, 0) is 19.1 Å². The van der Waals surface area contributed by atoms with Gasteiger partial charge < -0.3 is 15.0 Å². The first-order valence-electron chi connectivity index (χ1n) is 8.52. The molecule has 0 aliphatic carbocycles. The molecule has 2 N–H and O–H groups in total. The number of nitrogens with two attached hydrogens (primary N) is 1. The van der Waals surface area contributed by atoms with Crippen molar-refractivity contribution in [2.75, 3.05) is 6.61 Å². The molecular weight excluding hydrogens is 419 g/mol. The first-order chi connectivity index (χ1) is 13.9. The number of ether oxygens (including phenoxy) is 1. The second-order valence-electron chi connectivity index (χ2n) is 6.10. The van der Waals surface area contributed by atoms with E-state index in [1.165, 1.54) is 24.8 Å². The summed E-state index contributed by atoms with van der Waals surface area (Å²) in [5.41, 5.74) is 5.05. The predicted molar refractivity (Wildman–Crippen MR) is 105 cm³/mol. The van der Waals surface area contributed by atoms with E-state index in [0.29, 0.717) is 21.3 Å². The Morgan fingerprint density at radius 3 is 2.52 bits per heavy atom. The molecule has 0 saturated heterocycles. The van der Waals surface area contributed by atoms with Crippen LogP contribution in [0.5, 0.6) is 0 Å². The van der Waals surface area contributed by atoms with E-state index in [-0.39, 0.29) is 17.9 Å². The van der Waals surface area contributed by atoms with Crippen molar-refractivity contribution in [1.82, 2.24) is 15.1 Å². The van der Waals surface area contributed by atoms with Gasteiger partial charge in [0.1, 0.15) is 12.0 Å². The largest absolute Gasteiger partial charge is 0.465 e. The van der Waals surface area contributed by atoms with Crippen LogP contribution in [0.2, 0.25) is 10.0 Å². The summed E-state index contributed by atoms with van der Waals surface area (Å²) in [7, 11) is 0. The molecule has 150 valence electrons. The van der Waals surface area contributed by atoms with Crippen molar-refractivity contribution in [2.24, 2.45) is 5.73 Å². The average molecular weight is 435 g/mol. The molecule has 0 radical (unpaired) electrons. The van der Waals surface area contributed by atoms with E-state index < -0.39 is 23.7 Å². The Hall–Kier alpha value is -2.97. The third kappa shape index (κ3) is 4.08. The van der Waals surface area contributed by atoms with Crippen LogP contribution in [0.1, 0.15) is 24.7 Å². The van der Waals surface area contributed by atoms with E-state index in [4.69, 9.17) is 38.2 Å². The molecule has 1 amide bonds. The van der Waals surface area contributed by atoms with Gasteiger partial charge >= 0.3 is 5.97 Å². The zero-order valence-electron chi connectivity index (χ0n) is 15.3. The van der Waals surface area contributed by atoms with Crippen molar-refractivity contribution >= 4 is 35.1 Å². The number of hydrogen-bond acceptors (Lipinski definition) is 7. The van der Waals surface area contributed by atoms with Gasteiger partial charge in [-0.1, -0.05) is 34.4 Å². The van der Waals surface area contributed by atoms with Crippen LogP contribution in [-0.2, 0) is 19.7 Å². The lowest BCUT2D eigenvalue weighted by Crippen LogP contribution is -2.42.